The zero-order chi connectivity index (χ0) is 53.0. The number of methoxy groups -OCH3 is 2. The maximum Gasteiger partial charge on any atom is 0.329 e. The van der Waals surface area contributed by atoms with Crippen LogP contribution in [0.25, 0.3) is 0 Å². The van der Waals surface area contributed by atoms with E-state index in [4.69, 9.17) is 24.1 Å². The molecule has 4 saturated heterocycles. The van der Waals surface area contributed by atoms with Crippen LogP contribution in [0.2, 0.25) is 0 Å². The Labute approximate surface area is 442 Å². The van der Waals surface area contributed by atoms with Gasteiger partial charge < -0.3 is 44.5 Å². The number of piperidine rings is 2. The van der Waals surface area contributed by atoms with Crippen LogP contribution in [-0.2, 0) is 50.3 Å². The van der Waals surface area contributed by atoms with E-state index < -0.39 is 43.8 Å². The summed E-state index contributed by atoms with van der Waals surface area (Å²) in [7, 11) is -4.29. The Morgan fingerprint density at radius 3 is 1.45 bits per heavy atom. The van der Waals surface area contributed by atoms with E-state index in [0.29, 0.717) is 90.5 Å². The average molecular weight is 1090 g/mol. The molecular weight excluding hydrogens is 1020 g/mol. The summed E-state index contributed by atoms with van der Waals surface area (Å²) < 4.78 is 77.5. The van der Waals surface area contributed by atoms with Gasteiger partial charge in [0.2, 0.25) is 26.0 Å². The summed E-state index contributed by atoms with van der Waals surface area (Å²) in [6.07, 6.45) is 12.0. The van der Waals surface area contributed by atoms with Crippen LogP contribution in [0.15, 0.2) is 83.1 Å². The van der Waals surface area contributed by atoms with Crippen molar-refractivity contribution in [3.05, 3.63) is 107 Å². The number of carbonyl (C=O) groups excluding carboxylic acids is 1. The molecule has 4 aliphatic heterocycles. The number of aryl methyl sites for hydroxylation is 4. The normalized spacial score (nSPS) is 19.8. The molecule has 4 N–H and O–H groups in total. The fourth-order valence-electron chi connectivity index (χ4n) is 10.2. The molecule has 4 fully saturated rings. The van der Waals surface area contributed by atoms with Gasteiger partial charge in [-0.2, -0.15) is 8.61 Å². The highest BCUT2D eigenvalue weighted by Gasteiger charge is 2.40. The lowest BCUT2D eigenvalue weighted by Gasteiger charge is -2.38. The maximum atomic E-state index is 13.5. The fourth-order valence-corrected chi connectivity index (χ4v) is 14.4. The molecule has 6 heterocycles. The minimum absolute atomic E-state index is 0. The molecule has 2 unspecified atom stereocenters. The number of aliphatic carboxylic acids is 1. The van der Waals surface area contributed by atoms with E-state index >= 15 is 0 Å². The van der Waals surface area contributed by atoms with Gasteiger partial charge in [0.1, 0.15) is 24.7 Å². The maximum absolute atomic E-state index is 13.5. The Balaban J connectivity index is 0.000000228. The second-order valence-electron chi connectivity index (χ2n) is 19.1. The zero-order valence-electron chi connectivity index (χ0n) is 43.2. The molecule has 4 aromatic rings. The second-order valence-corrected chi connectivity index (χ2v) is 22.8. The van der Waals surface area contributed by atoms with Crippen LogP contribution < -0.4 is 14.8 Å². The summed E-state index contributed by atoms with van der Waals surface area (Å²) in [6.45, 7) is 10.2. The number of carboxylic acids is 1. The highest BCUT2D eigenvalue weighted by Crippen LogP contribution is 2.36. The minimum Gasteiger partial charge on any atom is -0.497 e. The molecule has 408 valence electrons. The molecule has 22 heteroatoms. The van der Waals surface area contributed by atoms with Gasteiger partial charge in [-0.15, -0.1) is 12.4 Å². The van der Waals surface area contributed by atoms with Crippen molar-refractivity contribution in [1.82, 2.24) is 28.8 Å². The van der Waals surface area contributed by atoms with E-state index in [9.17, 15) is 36.6 Å². The monoisotopic (exact) mass is 1090 g/mol. The van der Waals surface area contributed by atoms with Gasteiger partial charge in [-0.1, -0.05) is 12.1 Å². The Hall–Kier alpha value is -4.81. The predicted octanol–water partition coefficient (Wildman–Crippen LogP) is 5.03. The van der Waals surface area contributed by atoms with Gasteiger partial charge in [-0.3, -0.25) is 14.8 Å². The first kappa shape index (κ1) is 60.1. The standard InChI is InChI=1S/C26H35N3O6S.C16H23NO6S.C10H14N2O.ClH/c1-19-14-23(34-3)15-20(2)25(19)36(32,33)29-11-5-7-22(29)17-35-18-24(30)28-12-8-26(31,9-13-28)21-6-4-10-27-16-21;1-11-7-14(22-3)8-12(2)16(11)24(20,21)17-6-4-5-13(17)9-23-10-15(18)19;13-10(3-6-11-7-4-10)9-2-1-5-12-8-9;/h4,6,10,14-16,22,31H,5,7-9,11-13,17-18H2,1-3H3;7-8,13H,4-6,9-10H2,1-3H3,(H,18,19);1-2,5,8,11,13H,3-4,6-7H2;1H. The second kappa shape index (κ2) is 26.8. The number of likely N-dealkylation sites (tertiary alicyclic amines) is 1. The molecule has 2 aromatic heterocycles. The summed E-state index contributed by atoms with van der Waals surface area (Å²) in [6, 6.07) is 13.7. The van der Waals surface area contributed by atoms with E-state index in [-0.39, 0.29) is 55.1 Å². The lowest BCUT2D eigenvalue weighted by Crippen LogP contribution is -2.46. The predicted molar refractivity (Wildman–Crippen MR) is 279 cm³/mol. The molecular formula is C52H73ClN6O13S2. The number of halogens is 1. The summed E-state index contributed by atoms with van der Waals surface area (Å²) in [5, 5.41) is 33.1. The van der Waals surface area contributed by atoms with Crippen LogP contribution in [0.4, 0.5) is 0 Å². The third kappa shape index (κ3) is 14.8. The van der Waals surface area contributed by atoms with Crippen molar-refractivity contribution in [3.63, 3.8) is 0 Å². The molecule has 0 aliphatic carbocycles. The van der Waals surface area contributed by atoms with Gasteiger partial charge in [-0.25, -0.2) is 21.6 Å². The number of nitrogens with zero attached hydrogens (tertiary/aromatic N) is 5. The first-order valence-corrected chi connectivity index (χ1v) is 27.6. The van der Waals surface area contributed by atoms with Crippen LogP contribution in [0, 0.1) is 27.7 Å². The number of aliphatic hydroxyl groups is 2. The van der Waals surface area contributed by atoms with E-state index in [1.54, 1.807) is 102 Å². The van der Waals surface area contributed by atoms with Gasteiger partial charge in [0.05, 0.1) is 48.4 Å². The number of nitrogens with one attached hydrogen (secondary N) is 1. The SMILES string of the molecule is COc1cc(C)c(S(=O)(=O)N2CCCC2COCC(=O)N2CCC(O)(c3cccnc3)CC2)c(C)c1.COc1cc(C)c(S(=O)(=O)N2CCCC2COCC(=O)O)c(C)c1.Cl.OC1(c2cccnc2)CCNCC1. The molecule has 4 aliphatic rings. The lowest BCUT2D eigenvalue weighted by atomic mass is 9.85. The number of amides is 1. The molecule has 8 rings (SSSR count). The van der Waals surface area contributed by atoms with Gasteiger partial charge in [0, 0.05) is 74.2 Å². The number of rotatable bonds is 16. The summed E-state index contributed by atoms with van der Waals surface area (Å²) in [5.41, 5.74) is 2.61. The Bertz CT molecular complexity index is 2660. The van der Waals surface area contributed by atoms with E-state index in [1.807, 2.05) is 18.2 Å². The van der Waals surface area contributed by atoms with Crippen molar-refractivity contribution in [2.45, 2.75) is 112 Å². The van der Waals surface area contributed by atoms with Gasteiger partial charge in [0.15, 0.2) is 0 Å². The fraction of sp³-hybridized carbons (Fsp3) is 0.538. The Morgan fingerprint density at radius 2 is 1.07 bits per heavy atom. The number of pyridine rings is 2. The van der Waals surface area contributed by atoms with Crippen LogP contribution in [-0.4, -0.2) is 160 Å². The third-order valence-electron chi connectivity index (χ3n) is 14.0. The number of ether oxygens (including phenoxy) is 4. The molecule has 1 amide bonds. The van der Waals surface area contributed by atoms with E-state index in [0.717, 1.165) is 49.9 Å². The van der Waals surface area contributed by atoms with E-state index in [1.165, 1.54) is 8.61 Å². The average Bonchev–Trinajstić information content (AvgIpc) is 4.06. The van der Waals surface area contributed by atoms with Crippen LogP contribution in [0.5, 0.6) is 11.5 Å². The Morgan fingerprint density at radius 1 is 0.662 bits per heavy atom. The molecule has 0 bridgehead atoms. The summed E-state index contributed by atoms with van der Waals surface area (Å²) >= 11 is 0. The largest absolute Gasteiger partial charge is 0.497 e. The zero-order valence-corrected chi connectivity index (χ0v) is 45.6. The molecule has 2 aromatic carbocycles. The molecule has 0 radical (unpaired) electrons. The molecule has 2 atom stereocenters. The number of benzene rings is 2. The molecule has 0 spiro atoms. The number of carbonyl (C=O) groups is 2. The summed E-state index contributed by atoms with van der Waals surface area (Å²) in [5.74, 6) is 0.0220. The molecule has 19 nitrogen and oxygen atoms in total. The first-order valence-electron chi connectivity index (χ1n) is 24.7. The van der Waals surface area contributed by atoms with Crippen molar-refractivity contribution < 1.29 is 60.7 Å². The van der Waals surface area contributed by atoms with Gasteiger partial charge in [0.25, 0.3) is 0 Å². The highest BCUT2D eigenvalue weighted by atomic mass is 35.5. The highest BCUT2D eigenvalue weighted by molar-refractivity contribution is 7.89. The van der Waals surface area contributed by atoms with Crippen LogP contribution in [0.3, 0.4) is 0 Å². The number of aromatic nitrogens is 2. The number of hydrogen-bond acceptors (Lipinski definition) is 15. The first-order chi connectivity index (χ1) is 34.7. The third-order valence-corrected chi connectivity index (χ3v) is 18.5. The van der Waals surface area contributed by atoms with Gasteiger partial charge >= 0.3 is 5.97 Å². The number of sulfonamides is 2. The molecule has 74 heavy (non-hydrogen) atoms. The van der Waals surface area contributed by atoms with Crippen molar-refractivity contribution >= 4 is 44.3 Å². The van der Waals surface area contributed by atoms with Crippen molar-refractivity contribution in [2.75, 3.05) is 79.9 Å². The van der Waals surface area contributed by atoms with Crippen molar-refractivity contribution in [3.8, 4) is 11.5 Å². The van der Waals surface area contributed by atoms with Crippen molar-refractivity contribution in [1.29, 1.82) is 0 Å². The quantitative estimate of drug-likeness (QED) is 0.115. The number of hydrogen-bond donors (Lipinski definition) is 4. The smallest absolute Gasteiger partial charge is 0.329 e. The summed E-state index contributed by atoms with van der Waals surface area (Å²) in [4.78, 5) is 33.7. The van der Waals surface area contributed by atoms with Crippen LogP contribution in [0.1, 0.15) is 84.7 Å². The number of carboxylic acid groups (broad SMARTS) is 1. The lowest BCUT2D eigenvalue weighted by molar-refractivity contribution is -0.143. The minimum atomic E-state index is -3.72. The van der Waals surface area contributed by atoms with Gasteiger partial charge in [-0.05, 0) is 151 Å². The van der Waals surface area contributed by atoms with Crippen molar-refractivity contribution in [2.24, 2.45) is 0 Å². The Kier molecular flexibility index (Phi) is 21.7. The molecule has 0 saturated carbocycles. The van der Waals surface area contributed by atoms with E-state index in [2.05, 4.69) is 15.3 Å². The van der Waals surface area contributed by atoms with Crippen LogP contribution >= 0.6 is 12.4 Å². The topological polar surface area (TPSA) is 248 Å².